The van der Waals surface area contributed by atoms with E-state index < -0.39 is 10.0 Å². The summed E-state index contributed by atoms with van der Waals surface area (Å²) in [6, 6.07) is 0.0391. The van der Waals surface area contributed by atoms with Crippen molar-refractivity contribution < 1.29 is 8.42 Å². The van der Waals surface area contributed by atoms with Crippen molar-refractivity contribution in [2.75, 3.05) is 18.2 Å². The second-order valence-electron chi connectivity index (χ2n) is 4.27. The summed E-state index contributed by atoms with van der Waals surface area (Å²) in [5, 5.41) is 0. The van der Waals surface area contributed by atoms with E-state index in [9.17, 15) is 8.42 Å². The summed E-state index contributed by atoms with van der Waals surface area (Å²) in [5.41, 5.74) is 0. The van der Waals surface area contributed by atoms with Crippen LogP contribution in [0.1, 0.15) is 46.5 Å². The van der Waals surface area contributed by atoms with Gasteiger partial charge in [0.1, 0.15) is 0 Å². The average molecular weight is 270 g/mol. The number of hydrogen-bond acceptors (Lipinski definition) is 2. The number of nitrogens with zero attached hydrogens (tertiary/aromatic N) is 1. The first-order valence-corrected chi connectivity index (χ1v) is 8.15. The van der Waals surface area contributed by atoms with E-state index in [1.807, 2.05) is 13.8 Å². The number of sulfonamides is 1. The van der Waals surface area contributed by atoms with Crippen LogP contribution in [0.25, 0.3) is 0 Å². The van der Waals surface area contributed by atoms with E-state index in [1.165, 1.54) is 0 Å². The van der Waals surface area contributed by atoms with Crippen LogP contribution in [-0.2, 0) is 10.0 Å². The summed E-state index contributed by atoms with van der Waals surface area (Å²) < 4.78 is 25.6. The van der Waals surface area contributed by atoms with Crippen LogP contribution < -0.4 is 0 Å². The summed E-state index contributed by atoms with van der Waals surface area (Å²) in [7, 11) is -3.12. The maximum absolute atomic E-state index is 12.0. The Bertz CT molecular complexity index is 265. The van der Waals surface area contributed by atoms with Gasteiger partial charge in [0.25, 0.3) is 0 Å². The zero-order valence-electron chi connectivity index (χ0n) is 10.6. The first kappa shape index (κ1) is 16.2. The summed E-state index contributed by atoms with van der Waals surface area (Å²) in [6.45, 7) is 6.59. The van der Waals surface area contributed by atoms with Gasteiger partial charge in [0.2, 0.25) is 10.0 Å². The van der Waals surface area contributed by atoms with Gasteiger partial charge in [-0.2, -0.15) is 4.31 Å². The molecule has 0 saturated heterocycles. The predicted octanol–water partition coefficient (Wildman–Crippen LogP) is 2.85. The van der Waals surface area contributed by atoms with E-state index >= 15 is 0 Å². The summed E-state index contributed by atoms with van der Waals surface area (Å²) >= 11 is 5.54. The molecule has 0 aromatic heterocycles. The Balaban J connectivity index is 4.39. The van der Waals surface area contributed by atoms with Crippen molar-refractivity contribution in [1.29, 1.82) is 0 Å². The van der Waals surface area contributed by atoms with Gasteiger partial charge in [-0.05, 0) is 26.7 Å². The van der Waals surface area contributed by atoms with Crippen LogP contribution in [0.3, 0.4) is 0 Å². The minimum absolute atomic E-state index is 0.0391. The van der Waals surface area contributed by atoms with E-state index in [0.29, 0.717) is 18.8 Å². The smallest absolute Gasteiger partial charge is 0.212 e. The highest BCUT2D eigenvalue weighted by Gasteiger charge is 2.23. The van der Waals surface area contributed by atoms with Crippen LogP contribution >= 0.6 is 11.6 Å². The second-order valence-corrected chi connectivity index (χ2v) is 6.69. The summed E-state index contributed by atoms with van der Waals surface area (Å²) in [6.07, 6.45) is 3.65. The van der Waals surface area contributed by atoms with Crippen LogP contribution in [0.4, 0.5) is 0 Å². The van der Waals surface area contributed by atoms with Crippen LogP contribution in [0.5, 0.6) is 0 Å². The van der Waals surface area contributed by atoms with Gasteiger partial charge in [0, 0.05) is 18.5 Å². The molecular weight excluding hydrogens is 246 g/mol. The number of unbranched alkanes of at least 4 members (excludes halogenated alkanes) is 2. The monoisotopic (exact) mass is 269 g/mol. The molecule has 5 heteroatoms. The Morgan fingerprint density at radius 2 is 1.81 bits per heavy atom. The topological polar surface area (TPSA) is 37.4 Å². The number of halogens is 1. The summed E-state index contributed by atoms with van der Waals surface area (Å²) in [5.74, 6) is 0.570. The molecule has 0 amide bonds. The van der Waals surface area contributed by atoms with E-state index in [0.717, 1.165) is 19.3 Å². The molecular formula is C11H24ClNO2S. The van der Waals surface area contributed by atoms with Crippen molar-refractivity contribution in [2.24, 2.45) is 0 Å². The first-order valence-electron chi connectivity index (χ1n) is 6.01. The lowest BCUT2D eigenvalue weighted by Crippen LogP contribution is -2.39. The maximum Gasteiger partial charge on any atom is 0.214 e. The molecule has 0 aromatic rings. The molecule has 0 aromatic carbocycles. The first-order chi connectivity index (χ1) is 7.45. The lowest BCUT2D eigenvalue weighted by Gasteiger charge is -2.25. The Hall–Kier alpha value is 0.200. The number of rotatable bonds is 9. The Morgan fingerprint density at radius 1 is 1.19 bits per heavy atom. The molecule has 0 bridgehead atoms. The van der Waals surface area contributed by atoms with E-state index in [2.05, 4.69) is 6.92 Å². The van der Waals surface area contributed by atoms with Gasteiger partial charge >= 0.3 is 0 Å². The lowest BCUT2D eigenvalue weighted by atomic mass is 10.2. The van der Waals surface area contributed by atoms with Crippen LogP contribution in [0, 0.1) is 0 Å². The normalized spacial score (nSPS) is 12.6. The highest BCUT2D eigenvalue weighted by molar-refractivity contribution is 7.89. The average Bonchev–Trinajstić information content (AvgIpc) is 2.20. The molecule has 98 valence electrons. The van der Waals surface area contributed by atoms with Crippen molar-refractivity contribution in [3.05, 3.63) is 0 Å². The zero-order chi connectivity index (χ0) is 12.6. The van der Waals surface area contributed by atoms with Gasteiger partial charge in [-0.15, -0.1) is 11.6 Å². The number of alkyl halides is 1. The third-order valence-corrected chi connectivity index (χ3v) is 4.84. The molecule has 0 aliphatic heterocycles. The molecule has 0 unspecified atom stereocenters. The lowest BCUT2D eigenvalue weighted by molar-refractivity contribution is 0.345. The second kappa shape index (κ2) is 8.31. The number of hydrogen-bond donors (Lipinski definition) is 0. The van der Waals surface area contributed by atoms with E-state index in [1.54, 1.807) is 4.31 Å². The van der Waals surface area contributed by atoms with Gasteiger partial charge in [0.15, 0.2) is 0 Å². The van der Waals surface area contributed by atoms with E-state index in [4.69, 9.17) is 11.6 Å². The minimum atomic E-state index is -3.12. The van der Waals surface area contributed by atoms with Gasteiger partial charge in [-0.1, -0.05) is 19.8 Å². The Morgan fingerprint density at radius 3 is 2.25 bits per heavy atom. The molecule has 0 fully saturated rings. The molecule has 0 atom stereocenters. The fraction of sp³-hybridized carbons (Fsp3) is 1.00. The highest BCUT2D eigenvalue weighted by Crippen LogP contribution is 2.11. The minimum Gasteiger partial charge on any atom is -0.212 e. The molecule has 0 heterocycles. The van der Waals surface area contributed by atoms with Gasteiger partial charge in [0.05, 0.1) is 5.75 Å². The molecule has 0 N–H and O–H groups in total. The highest BCUT2D eigenvalue weighted by atomic mass is 35.5. The van der Waals surface area contributed by atoms with Crippen molar-refractivity contribution in [3.8, 4) is 0 Å². The predicted molar refractivity (Wildman–Crippen MR) is 70.5 cm³/mol. The Labute approximate surface area is 105 Å². The molecule has 3 nitrogen and oxygen atoms in total. The van der Waals surface area contributed by atoms with Crippen LogP contribution in [-0.4, -0.2) is 36.9 Å². The van der Waals surface area contributed by atoms with E-state index in [-0.39, 0.29) is 11.8 Å². The summed E-state index contributed by atoms with van der Waals surface area (Å²) in [4.78, 5) is 0. The fourth-order valence-electron chi connectivity index (χ4n) is 1.59. The quantitative estimate of drug-likeness (QED) is 0.477. The maximum atomic E-state index is 12.0. The molecule has 0 rings (SSSR count). The van der Waals surface area contributed by atoms with Crippen LogP contribution in [0.2, 0.25) is 0 Å². The Kier molecular flexibility index (Phi) is 8.42. The van der Waals surface area contributed by atoms with Gasteiger partial charge in [-0.3, -0.25) is 0 Å². The molecule has 0 spiro atoms. The van der Waals surface area contributed by atoms with Crippen molar-refractivity contribution in [1.82, 2.24) is 4.31 Å². The third kappa shape index (κ3) is 6.06. The molecule has 0 radical (unpaired) electrons. The van der Waals surface area contributed by atoms with Crippen molar-refractivity contribution in [2.45, 2.75) is 52.5 Å². The fourth-order valence-corrected chi connectivity index (χ4v) is 3.68. The SMILES string of the molecule is CCCCCN(C(C)C)S(=O)(=O)CCCCl. The molecule has 0 aliphatic rings. The van der Waals surface area contributed by atoms with Gasteiger partial charge in [-0.25, -0.2) is 8.42 Å². The van der Waals surface area contributed by atoms with Crippen LogP contribution in [0.15, 0.2) is 0 Å². The molecule has 0 aliphatic carbocycles. The van der Waals surface area contributed by atoms with Gasteiger partial charge < -0.3 is 0 Å². The van der Waals surface area contributed by atoms with Crippen molar-refractivity contribution in [3.63, 3.8) is 0 Å². The largest absolute Gasteiger partial charge is 0.214 e. The zero-order valence-corrected chi connectivity index (χ0v) is 12.1. The third-order valence-electron chi connectivity index (χ3n) is 2.45. The van der Waals surface area contributed by atoms with Crippen molar-refractivity contribution >= 4 is 21.6 Å². The molecule has 0 saturated carbocycles. The standard InChI is InChI=1S/C11H24ClNO2S/c1-4-5-6-9-13(11(2)3)16(14,15)10-7-8-12/h11H,4-10H2,1-3H3. The molecule has 16 heavy (non-hydrogen) atoms.